The number of phenolic OH excluding ortho intramolecular Hbond substituents is 1. The number of hydrogen-bond donors (Lipinski definition) is 4. The molecule has 142 valence electrons. The van der Waals surface area contributed by atoms with Gasteiger partial charge >= 0.3 is 0 Å². The molecule has 0 fully saturated rings. The Bertz CT molecular complexity index is 725. The third-order valence-corrected chi connectivity index (χ3v) is 4.65. The largest absolute Gasteiger partial charge is 0.508 e. The molecule has 26 heavy (non-hydrogen) atoms. The van der Waals surface area contributed by atoms with E-state index in [0.717, 1.165) is 18.5 Å². The summed E-state index contributed by atoms with van der Waals surface area (Å²) < 4.78 is 14.3. The van der Waals surface area contributed by atoms with Crippen molar-refractivity contribution in [1.29, 1.82) is 0 Å². The van der Waals surface area contributed by atoms with Gasteiger partial charge < -0.3 is 24.8 Å². The third-order valence-electron chi connectivity index (χ3n) is 4.11. The fourth-order valence-corrected chi connectivity index (χ4v) is 2.87. The highest BCUT2D eigenvalue weighted by Crippen LogP contribution is 2.32. The first-order chi connectivity index (χ1) is 12.5. The van der Waals surface area contributed by atoms with E-state index in [1.54, 1.807) is 32.2 Å². The van der Waals surface area contributed by atoms with Gasteiger partial charge in [-0.3, -0.25) is 3.53 Å². The highest BCUT2D eigenvalue weighted by Gasteiger charge is 2.24. The van der Waals surface area contributed by atoms with E-state index < -0.39 is 12.2 Å². The van der Waals surface area contributed by atoms with Crippen molar-refractivity contribution in [2.75, 3.05) is 20.3 Å². The summed E-state index contributed by atoms with van der Waals surface area (Å²) in [6.07, 6.45) is -1.07. The Labute approximate surface area is 167 Å². The molecule has 0 radical (unpaired) electrons. The first-order valence-electron chi connectivity index (χ1n) is 8.25. The number of halogens is 1. The third kappa shape index (κ3) is 5.23. The fraction of sp³-hybridized carbons (Fsp3) is 0.368. The summed E-state index contributed by atoms with van der Waals surface area (Å²) in [5.41, 5.74) is 2.29. The molecule has 0 saturated carbocycles. The molecule has 2 rings (SSSR count). The van der Waals surface area contributed by atoms with Crippen LogP contribution < -0.4 is 13.0 Å². The molecule has 0 spiro atoms. The Hall–Kier alpha value is -1.55. The summed E-state index contributed by atoms with van der Waals surface area (Å²) in [6, 6.07) is 10.4. The molecule has 6 nitrogen and oxygen atoms in total. The zero-order valence-corrected chi connectivity index (χ0v) is 16.9. The van der Waals surface area contributed by atoms with Gasteiger partial charge in [0.15, 0.2) is 17.6 Å². The maximum absolute atomic E-state index is 10.6. The van der Waals surface area contributed by atoms with Crippen LogP contribution in [0.2, 0.25) is 0 Å². The second kappa shape index (κ2) is 9.96. The molecule has 0 aromatic heterocycles. The van der Waals surface area contributed by atoms with E-state index in [1.165, 1.54) is 6.07 Å². The number of hydrogen-bond acceptors (Lipinski definition) is 6. The summed E-state index contributed by atoms with van der Waals surface area (Å²) >= 11 is 2.10. The molecule has 0 aliphatic rings. The van der Waals surface area contributed by atoms with Crippen LogP contribution in [0.5, 0.6) is 17.2 Å². The predicted molar refractivity (Wildman–Crippen MR) is 108 cm³/mol. The summed E-state index contributed by atoms with van der Waals surface area (Å²) in [6.45, 7) is 2.21. The number of methoxy groups -OCH3 is 1. The zero-order chi connectivity index (χ0) is 19.1. The minimum Gasteiger partial charge on any atom is -0.508 e. The van der Waals surface area contributed by atoms with Crippen molar-refractivity contribution in [1.82, 2.24) is 3.53 Å². The lowest BCUT2D eigenvalue weighted by Gasteiger charge is -2.24. The van der Waals surface area contributed by atoms with Gasteiger partial charge in [0.05, 0.1) is 13.7 Å². The van der Waals surface area contributed by atoms with Gasteiger partial charge in [-0.2, -0.15) is 0 Å². The zero-order valence-electron chi connectivity index (χ0n) is 14.8. The molecule has 0 aliphatic carbocycles. The number of benzene rings is 2. The Morgan fingerprint density at radius 1 is 1.15 bits per heavy atom. The van der Waals surface area contributed by atoms with Gasteiger partial charge in [-0.05, 0) is 54.3 Å². The van der Waals surface area contributed by atoms with Crippen molar-refractivity contribution in [2.45, 2.75) is 25.6 Å². The van der Waals surface area contributed by atoms with Crippen LogP contribution in [0.25, 0.3) is 0 Å². The van der Waals surface area contributed by atoms with Gasteiger partial charge in [-0.15, -0.1) is 0 Å². The number of aliphatic hydroxyl groups is 2. The fourth-order valence-electron chi connectivity index (χ4n) is 2.60. The topological polar surface area (TPSA) is 91.2 Å². The average Bonchev–Trinajstić information content (AvgIpc) is 2.66. The van der Waals surface area contributed by atoms with Crippen LogP contribution in [0.3, 0.4) is 0 Å². The van der Waals surface area contributed by atoms with Gasteiger partial charge in [0, 0.05) is 29.4 Å². The molecule has 2 atom stereocenters. The Balaban J connectivity index is 2.19. The summed E-state index contributed by atoms with van der Waals surface area (Å²) in [5.74, 6) is 1.15. The first-order valence-corrected chi connectivity index (χ1v) is 9.33. The Kier molecular flexibility index (Phi) is 7.95. The van der Waals surface area contributed by atoms with E-state index in [9.17, 15) is 15.3 Å². The van der Waals surface area contributed by atoms with Crippen molar-refractivity contribution in [2.24, 2.45) is 0 Å². The summed E-state index contributed by atoms with van der Waals surface area (Å²) in [4.78, 5) is 0. The molecular weight excluding hydrogens is 449 g/mol. The molecule has 2 aromatic carbocycles. The van der Waals surface area contributed by atoms with Crippen LogP contribution in [-0.2, 0) is 6.42 Å². The average molecular weight is 473 g/mol. The van der Waals surface area contributed by atoms with Gasteiger partial charge in [0.2, 0.25) is 0 Å². The minimum absolute atomic E-state index is 0.153. The van der Waals surface area contributed by atoms with Gasteiger partial charge in [0.25, 0.3) is 0 Å². The molecule has 0 amide bonds. The van der Waals surface area contributed by atoms with Crippen LogP contribution in [0.1, 0.15) is 22.8 Å². The van der Waals surface area contributed by atoms with E-state index in [4.69, 9.17) is 9.47 Å². The van der Waals surface area contributed by atoms with Gasteiger partial charge in [-0.1, -0.05) is 12.1 Å². The molecule has 0 unspecified atom stereocenters. The molecule has 0 bridgehead atoms. The molecule has 7 heteroatoms. The summed E-state index contributed by atoms with van der Waals surface area (Å²) in [7, 11) is 1.55. The van der Waals surface area contributed by atoms with E-state index in [0.29, 0.717) is 22.6 Å². The maximum atomic E-state index is 10.6. The second-order valence-electron chi connectivity index (χ2n) is 5.95. The van der Waals surface area contributed by atoms with Crippen LogP contribution in [0, 0.1) is 6.92 Å². The highest BCUT2D eigenvalue weighted by atomic mass is 127. The predicted octanol–water partition coefficient (Wildman–Crippen LogP) is 2.66. The Morgan fingerprint density at radius 3 is 2.54 bits per heavy atom. The van der Waals surface area contributed by atoms with Crippen LogP contribution in [0.15, 0.2) is 36.4 Å². The lowest BCUT2D eigenvalue weighted by atomic mass is 10.0. The van der Waals surface area contributed by atoms with Crippen molar-refractivity contribution < 1.29 is 24.8 Å². The number of nitrogens with one attached hydrogen (secondary N) is 1. The van der Waals surface area contributed by atoms with Crippen LogP contribution >= 0.6 is 22.9 Å². The lowest BCUT2D eigenvalue weighted by Crippen LogP contribution is -2.29. The Morgan fingerprint density at radius 2 is 1.92 bits per heavy atom. The smallest absolute Gasteiger partial charge is 0.161 e. The molecule has 0 heterocycles. The quantitative estimate of drug-likeness (QED) is 0.331. The maximum Gasteiger partial charge on any atom is 0.161 e. The van der Waals surface area contributed by atoms with Gasteiger partial charge in [-0.25, -0.2) is 0 Å². The van der Waals surface area contributed by atoms with Crippen LogP contribution in [0.4, 0.5) is 0 Å². The normalized spacial score (nSPS) is 13.3. The minimum atomic E-state index is -1.05. The van der Waals surface area contributed by atoms with Crippen molar-refractivity contribution in [3.8, 4) is 17.2 Å². The number of rotatable bonds is 9. The monoisotopic (exact) mass is 473 g/mol. The number of ether oxygens (including phenoxy) is 2. The van der Waals surface area contributed by atoms with E-state index in [1.807, 2.05) is 12.1 Å². The van der Waals surface area contributed by atoms with E-state index in [2.05, 4.69) is 26.4 Å². The molecule has 0 saturated heterocycles. The molecule has 4 N–H and O–H groups in total. The highest BCUT2D eigenvalue weighted by molar-refractivity contribution is 14.1. The van der Waals surface area contributed by atoms with Crippen molar-refractivity contribution in [3.05, 3.63) is 53.1 Å². The lowest BCUT2D eigenvalue weighted by molar-refractivity contribution is -0.000458. The molecule has 0 aliphatic heterocycles. The van der Waals surface area contributed by atoms with E-state index in [-0.39, 0.29) is 12.4 Å². The second-order valence-corrected chi connectivity index (χ2v) is 6.71. The number of aliphatic hydroxyl groups excluding tert-OH is 2. The van der Waals surface area contributed by atoms with Crippen molar-refractivity contribution in [3.63, 3.8) is 0 Å². The molecule has 2 aromatic rings. The standard InChI is InChI=1S/C19H24INO5/c1-12-9-14(4-5-15(12)23)19(24)18(11-22)26-16-6-3-13(7-8-21-20)10-17(16)25-2/h3-6,9-10,18-19,21-24H,7-8,11H2,1-2H3/t18-,19+/m1/s1. The van der Waals surface area contributed by atoms with Crippen molar-refractivity contribution >= 4 is 22.9 Å². The first kappa shape index (κ1) is 20.8. The SMILES string of the molecule is COc1cc(CCNI)ccc1O[C@H](CO)[C@@H](O)c1ccc(O)c(C)c1. The van der Waals surface area contributed by atoms with Crippen LogP contribution in [-0.4, -0.2) is 41.7 Å². The van der Waals surface area contributed by atoms with E-state index >= 15 is 0 Å². The summed E-state index contributed by atoms with van der Waals surface area (Å²) in [5, 5.41) is 29.9. The van der Waals surface area contributed by atoms with Gasteiger partial charge in [0.1, 0.15) is 11.9 Å². The molecular formula is C19H24INO5. The number of aromatic hydroxyl groups is 1. The number of aryl methyl sites for hydroxylation is 1. The number of phenols is 1.